The maximum atomic E-state index is 11.6. The molecule has 1 aliphatic rings. The molecule has 20 heavy (non-hydrogen) atoms. The number of hydrogen-bond acceptors (Lipinski definition) is 6. The van der Waals surface area contributed by atoms with Gasteiger partial charge >= 0.3 is 15.3 Å². The number of carbonyl (C=O) groups is 1. The summed E-state index contributed by atoms with van der Waals surface area (Å²) >= 11 is 0. The van der Waals surface area contributed by atoms with E-state index in [-0.39, 0.29) is 12.3 Å². The first-order valence-corrected chi connectivity index (χ1v) is 7.70. The lowest BCUT2D eigenvalue weighted by Gasteiger charge is -2.25. The van der Waals surface area contributed by atoms with E-state index in [1.165, 1.54) is 0 Å². The van der Waals surface area contributed by atoms with Crippen LogP contribution in [-0.4, -0.2) is 38.9 Å². The van der Waals surface area contributed by atoms with Crippen molar-refractivity contribution in [2.75, 3.05) is 13.7 Å². The Labute approximate surface area is 120 Å². The lowest BCUT2D eigenvalue weighted by Crippen LogP contribution is -2.31. The first-order chi connectivity index (χ1) is 9.29. The van der Waals surface area contributed by atoms with Gasteiger partial charge in [-0.25, -0.2) is 4.79 Å². The fourth-order valence-corrected chi connectivity index (χ4v) is 1.24. The van der Waals surface area contributed by atoms with Crippen molar-refractivity contribution in [3.8, 4) is 5.75 Å². The van der Waals surface area contributed by atoms with Crippen molar-refractivity contribution in [1.29, 1.82) is 0 Å². The van der Waals surface area contributed by atoms with E-state index in [0.717, 1.165) is 6.42 Å². The van der Waals surface area contributed by atoms with Gasteiger partial charge in [0, 0.05) is 17.1 Å². The number of rotatable bonds is 3. The smallest absolute Gasteiger partial charge is 0.353 e. The molecule has 1 aliphatic heterocycles. The van der Waals surface area contributed by atoms with E-state index in [9.17, 15) is 4.79 Å². The Morgan fingerprint density at radius 1 is 1.50 bits per heavy atom. The van der Waals surface area contributed by atoms with E-state index in [2.05, 4.69) is 10.7 Å². The molecule has 1 aromatic rings. The van der Waals surface area contributed by atoms with Gasteiger partial charge in [0.05, 0.1) is 19.3 Å². The third-order valence-corrected chi connectivity index (χ3v) is 2.20. The summed E-state index contributed by atoms with van der Waals surface area (Å²) in [5.74, 6) is 0.262. The van der Waals surface area contributed by atoms with E-state index in [0.29, 0.717) is 17.9 Å². The van der Waals surface area contributed by atoms with E-state index in [1.807, 2.05) is 0 Å². The van der Waals surface area contributed by atoms with Gasteiger partial charge in [0.15, 0.2) is 0 Å². The summed E-state index contributed by atoms with van der Waals surface area (Å²) < 4.78 is 40.2. The Kier molecular flexibility index (Phi) is 6.21. The summed E-state index contributed by atoms with van der Waals surface area (Å²) in [6.45, 7) is 0.663. The van der Waals surface area contributed by atoms with Crippen LogP contribution in [0.2, 0.25) is 0 Å². The Morgan fingerprint density at radius 3 is 2.55 bits per heavy atom. The third kappa shape index (κ3) is 6.71. The van der Waals surface area contributed by atoms with Gasteiger partial charge in [-0.15, -0.1) is 0 Å². The summed E-state index contributed by atoms with van der Waals surface area (Å²) in [4.78, 5) is 11.6. The van der Waals surface area contributed by atoms with Crippen molar-refractivity contribution in [3.63, 3.8) is 0 Å². The Balaban J connectivity index is 0.000000347. The van der Waals surface area contributed by atoms with Gasteiger partial charge in [0.1, 0.15) is 5.75 Å². The molecular formula is C11H13ClO7S. The molecule has 1 aromatic carbocycles. The SMILES string of the molecule is COc1cccc(C(=O)OC2CCO2)c1.O=S(=O)(O)Cl. The summed E-state index contributed by atoms with van der Waals surface area (Å²) in [5.41, 5.74) is 0.477. The second-order valence-corrected chi connectivity index (χ2v) is 5.63. The van der Waals surface area contributed by atoms with Crippen LogP contribution in [0, 0.1) is 0 Å². The predicted octanol–water partition coefficient (Wildman–Crippen LogP) is 1.63. The van der Waals surface area contributed by atoms with Crippen LogP contribution in [-0.2, 0) is 18.8 Å². The number of carbonyl (C=O) groups excluding carboxylic acids is 1. The molecule has 2 rings (SSSR count). The number of halogens is 1. The largest absolute Gasteiger partial charge is 0.497 e. The Bertz CT molecular complexity index is 546. The predicted molar refractivity (Wildman–Crippen MR) is 70.2 cm³/mol. The lowest BCUT2D eigenvalue weighted by molar-refractivity contribution is -0.184. The summed E-state index contributed by atoms with van der Waals surface area (Å²) in [6.07, 6.45) is 0.402. The van der Waals surface area contributed by atoms with Gasteiger partial charge in [-0.1, -0.05) is 6.07 Å². The Hall–Kier alpha value is -1.35. The van der Waals surface area contributed by atoms with Crippen LogP contribution >= 0.6 is 10.7 Å². The summed E-state index contributed by atoms with van der Waals surface area (Å²) in [6, 6.07) is 6.85. The van der Waals surface area contributed by atoms with Crippen molar-refractivity contribution >= 4 is 26.0 Å². The topological polar surface area (TPSA) is 99.1 Å². The van der Waals surface area contributed by atoms with E-state index in [1.54, 1.807) is 31.4 Å². The maximum Gasteiger partial charge on any atom is 0.353 e. The maximum absolute atomic E-state index is 11.6. The highest BCUT2D eigenvalue weighted by atomic mass is 35.7. The van der Waals surface area contributed by atoms with Gasteiger partial charge in [-0.05, 0) is 18.2 Å². The number of methoxy groups -OCH3 is 1. The minimum absolute atomic E-state index is 0.372. The number of benzene rings is 1. The van der Waals surface area contributed by atoms with Gasteiger partial charge in [0.2, 0.25) is 6.29 Å². The molecular weight excluding hydrogens is 312 g/mol. The zero-order chi connectivity index (χ0) is 15.2. The molecule has 0 aromatic heterocycles. The van der Waals surface area contributed by atoms with E-state index < -0.39 is 9.33 Å². The van der Waals surface area contributed by atoms with Crippen LogP contribution in [0.25, 0.3) is 0 Å². The Morgan fingerprint density at radius 2 is 2.10 bits per heavy atom. The van der Waals surface area contributed by atoms with Crippen LogP contribution < -0.4 is 4.74 Å². The monoisotopic (exact) mass is 324 g/mol. The van der Waals surface area contributed by atoms with Crippen LogP contribution in [0.4, 0.5) is 0 Å². The highest BCUT2D eigenvalue weighted by Crippen LogP contribution is 2.17. The highest BCUT2D eigenvalue weighted by molar-refractivity contribution is 8.09. The molecule has 1 N–H and O–H groups in total. The molecule has 0 amide bonds. The third-order valence-electron chi connectivity index (χ3n) is 2.20. The van der Waals surface area contributed by atoms with E-state index in [4.69, 9.17) is 27.2 Å². The first-order valence-electron chi connectivity index (χ1n) is 5.43. The fraction of sp³-hybridized carbons (Fsp3) is 0.364. The average Bonchev–Trinajstić information content (AvgIpc) is 2.31. The van der Waals surface area contributed by atoms with E-state index >= 15 is 0 Å². The average molecular weight is 325 g/mol. The molecule has 1 heterocycles. The minimum atomic E-state index is -4.19. The van der Waals surface area contributed by atoms with Crippen molar-refractivity contribution in [3.05, 3.63) is 29.8 Å². The van der Waals surface area contributed by atoms with Crippen molar-refractivity contribution < 1.29 is 32.0 Å². The second-order valence-electron chi connectivity index (χ2n) is 3.64. The number of esters is 1. The molecule has 1 atom stereocenters. The summed E-state index contributed by atoms with van der Waals surface area (Å²) in [5, 5.41) is 0. The fourth-order valence-electron chi connectivity index (χ4n) is 1.24. The van der Waals surface area contributed by atoms with Gasteiger partial charge < -0.3 is 14.2 Å². The zero-order valence-corrected chi connectivity index (χ0v) is 12.1. The molecule has 112 valence electrons. The van der Waals surface area contributed by atoms with Crippen LogP contribution in [0.5, 0.6) is 5.75 Å². The summed E-state index contributed by atoms with van der Waals surface area (Å²) in [7, 11) is 1.42. The molecule has 0 aliphatic carbocycles. The minimum Gasteiger partial charge on any atom is -0.497 e. The van der Waals surface area contributed by atoms with Crippen LogP contribution in [0.1, 0.15) is 16.8 Å². The van der Waals surface area contributed by atoms with Crippen LogP contribution in [0.3, 0.4) is 0 Å². The van der Waals surface area contributed by atoms with Gasteiger partial charge in [0.25, 0.3) is 0 Å². The molecule has 0 saturated carbocycles. The van der Waals surface area contributed by atoms with Crippen LogP contribution in [0.15, 0.2) is 24.3 Å². The molecule has 0 bridgehead atoms. The lowest BCUT2D eigenvalue weighted by atomic mass is 10.2. The normalized spacial score (nSPS) is 17.2. The standard InChI is InChI=1S/C11H12O4.ClHO3S/c1-13-9-4-2-3-8(7-9)11(12)15-10-5-6-14-10;1-5(2,3)4/h2-4,7,10H,5-6H2,1H3;(H,2,3,4). The number of hydrogen-bond donors (Lipinski definition) is 1. The second kappa shape index (κ2) is 7.44. The quantitative estimate of drug-likeness (QED) is 0.512. The molecule has 1 unspecified atom stereocenters. The zero-order valence-electron chi connectivity index (χ0n) is 10.5. The van der Waals surface area contributed by atoms with Crippen molar-refractivity contribution in [2.24, 2.45) is 0 Å². The van der Waals surface area contributed by atoms with Gasteiger partial charge in [-0.2, -0.15) is 8.42 Å². The first kappa shape index (κ1) is 16.7. The van der Waals surface area contributed by atoms with Crippen molar-refractivity contribution in [1.82, 2.24) is 0 Å². The number of ether oxygens (including phenoxy) is 3. The van der Waals surface area contributed by atoms with Crippen molar-refractivity contribution in [2.45, 2.75) is 12.7 Å². The molecule has 1 saturated heterocycles. The molecule has 0 spiro atoms. The molecule has 1 fully saturated rings. The molecule has 0 radical (unpaired) electrons. The molecule has 9 heteroatoms. The highest BCUT2D eigenvalue weighted by Gasteiger charge is 2.23. The van der Waals surface area contributed by atoms with Gasteiger partial charge in [-0.3, -0.25) is 4.55 Å². The molecule has 7 nitrogen and oxygen atoms in total.